The molecule has 7 nitrogen and oxygen atoms in total. The van der Waals surface area contributed by atoms with Gasteiger partial charge in [0.15, 0.2) is 5.16 Å². The summed E-state index contributed by atoms with van der Waals surface area (Å²) in [5.74, 6) is 0.695. The Hall–Kier alpha value is -3.13. The molecule has 8 heteroatoms. The summed E-state index contributed by atoms with van der Waals surface area (Å²) in [7, 11) is 0. The number of aromatic nitrogens is 4. The molecule has 1 N–H and O–H groups in total. The lowest BCUT2D eigenvalue weighted by Crippen LogP contribution is -2.23. The van der Waals surface area contributed by atoms with E-state index in [0.717, 1.165) is 22.4 Å². The lowest BCUT2D eigenvalue weighted by Gasteiger charge is -2.13. The fourth-order valence-corrected chi connectivity index (χ4v) is 3.50. The predicted molar refractivity (Wildman–Crippen MR) is 104 cm³/mol. The van der Waals surface area contributed by atoms with Crippen molar-refractivity contribution in [3.63, 3.8) is 0 Å². The van der Waals surface area contributed by atoms with E-state index < -0.39 is 0 Å². The zero-order chi connectivity index (χ0) is 18.6. The number of hydrogen-bond acceptors (Lipinski definition) is 6. The molecule has 4 rings (SSSR count). The maximum absolute atomic E-state index is 12.7. The zero-order valence-electron chi connectivity index (χ0n) is 14.6. The van der Waals surface area contributed by atoms with Crippen LogP contribution >= 0.6 is 11.8 Å². The normalized spacial score (nSPS) is 12.2. The minimum atomic E-state index is -0.350. The van der Waals surface area contributed by atoms with Gasteiger partial charge < -0.3 is 14.3 Å². The van der Waals surface area contributed by atoms with Crippen LogP contribution in [0.1, 0.15) is 12.7 Å². The molecule has 0 spiro atoms. The highest BCUT2D eigenvalue weighted by atomic mass is 32.2. The molecule has 0 aliphatic rings. The molecule has 0 aliphatic carbocycles. The molecular formula is C19H17N5O2S. The van der Waals surface area contributed by atoms with E-state index in [1.54, 1.807) is 18.8 Å². The van der Waals surface area contributed by atoms with Crippen molar-refractivity contribution in [3.05, 3.63) is 67.0 Å². The van der Waals surface area contributed by atoms with Gasteiger partial charge in [-0.15, -0.1) is 10.2 Å². The number of fused-ring (bicyclic) bond motifs is 1. The summed E-state index contributed by atoms with van der Waals surface area (Å²) in [5.41, 5.74) is 1.59. The lowest BCUT2D eigenvalue weighted by atomic mass is 10.2. The van der Waals surface area contributed by atoms with Gasteiger partial charge in [0.05, 0.1) is 29.3 Å². The number of anilines is 1. The maximum Gasteiger partial charge on any atom is 0.237 e. The second-order valence-corrected chi connectivity index (χ2v) is 7.25. The summed E-state index contributed by atoms with van der Waals surface area (Å²) in [4.78, 5) is 17.0. The van der Waals surface area contributed by atoms with Crippen molar-refractivity contribution in [2.45, 2.75) is 23.9 Å². The third-order valence-corrected chi connectivity index (χ3v) is 5.14. The average Bonchev–Trinajstić information content (AvgIpc) is 3.35. The Kier molecular flexibility index (Phi) is 4.88. The second kappa shape index (κ2) is 7.63. The molecule has 0 radical (unpaired) electrons. The molecule has 0 saturated heterocycles. The first-order valence-electron chi connectivity index (χ1n) is 8.42. The molecule has 136 valence electrons. The minimum absolute atomic E-state index is 0.107. The number of furan rings is 1. The molecule has 0 bridgehead atoms. The molecule has 1 unspecified atom stereocenters. The van der Waals surface area contributed by atoms with E-state index in [9.17, 15) is 4.79 Å². The third kappa shape index (κ3) is 3.85. The Bertz CT molecular complexity index is 1060. The number of pyridine rings is 1. The minimum Gasteiger partial charge on any atom is -0.467 e. The first-order valence-corrected chi connectivity index (χ1v) is 9.30. The van der Waals surface area contributed by atoms with Gasteiger partial charge in [-0.3, -0.25) is 9.78 Å². The summed E-state index contributed by atoms with van der Waals surface area (Å²) < 4.78 is 7.22. The number of rotatable bonds is 6. The van der Waals surface area contributed by atoms with Gasteiger partial charge in [0.2, 0.25) is 5.91 Å². The van der Waals surface area contributed by atoms with Crippen LogP contribution in [0.15, 0.2) is 70.8 Å². The molecular weight excluding hydrogens is 362 g/mol. The van der Waals surface area contributed by atoms with Crippen molar-refractivity contribution in [2.24, 2.45) is 0 Å². The summed E-state index contributed by atoms with van der Waals surface area (Å²) in [5, 5.41) is 12.3. The highest BCUT2D eigenvalue weighted by molar-refractivity contribution is 8.00. The first-order chi connectivity index (χ1) is 13.2. The van der Waals surface area contributed by atoms with Gasteiger partial charge >= 0.3 is 0 Å². The van der Waals surface area contributed by atoms with Crippen LogP contribution in [0.2, 0.25) is 0 Å². The van der Waals surface area contributed by atoms with E-state index in [2.05, 4.69) is 20.5 Å². The number of nitrogens with one attached hydrogen (secondary N) is 1. The van der Waals surface area contributed by atoms with Crippen molar-refractivity contribution in [3.8, 4) is 0 Å². The number of amides is 1. The Morgan fingerprint density at radius 3 is 3.04 bits per heavy atom. The van der Waals surface area contributed by atoms with E-state index in [1.807, 2.05) is 54.0 Å². The van der Waals surface area contributed by atoms with E-state index in [0.29, 0.717) is 11.7 Å². The third-order valence-electron chi connectivity index (χ3n) is 4.04. The van der Waals surface area contributed by atoms with Gasteiger partial charge in [-0.1, -0.05) is 17.8 Å². The van der Waals surface area contributed by atoms with Crippen molar-refractivity contribution in [1.82, 2.24) is 19.7 Å². The predicted octanol–water partition coefficient (Wildman–Crippen LogP) is 3.59. The fourth-order valence-electron chi connectivity index (χ4n) is 2.67. The molecule has 1 aromatic carbocycles. The SMILES string of the molecule is CC(Sc1nncn1Cc1ccco1)C(=O)Nc1cccc2ncccc12. The van der Waals surface area contributed by atoms with Crippen LogP contribution in [0.3, 0.4) is 0 Å². The van der Waals surface area contributed by atoms with Gasteiger partial charge in [0, 0.05) is 11.6 Å². The second-order valence-electron chi connectivity index (χ2n) is 5.95. The van der Waals surface area contributed by atoms with Gasteiger partial charge in [-0.25, -0.2) is 0 Å². The summed E-state index contributed by atoms with van der Waals surface area (Å²) in [6.45, 7) is 2.36. The Morgan fingerprint density at radius 2 is 2.19 bits per heavy atom. The first kappa shape index (κ1) is 17.3. The summed E-state index contributed by atoms with van der Waals surface area (Å²) in [6, 6.07) is 13.2. The van der Waals surface area contributed by atoms with Crippen LogP contribution in [-0.4, -0.2) is 30.9 Å². The molecule has 3 heterocycles. The zero-order valence-corrected chi connectivity index (χ0v) is 15.4. The van der Waals surface area contributed by atoms with Gasteiger partial charge in [-0.2, -0.15) is 0 Å². The van der Waals surface area contributed by atoms with Crippen LogP contribution in [0.5, 0.6) is 0 Å². The maximum atomic E-state index is 12.7. The van der Waals surface area contributed by atoms with Crippen LogP contribution < -0.4 is 5.32 Å². The molecule has 1 atom stereocenters. The number of benzene rings is 1. The Labute approximate surface area is 159 Å². The fraction of sp³-hybridized carbons (Fsp3) is 0.158. The number of nitrogens with zero attached hydrogens (tertiary/aromatic N) is 4. The summed E-state index contributed by atoms with van der Waals surface area (Å²) >= 11 is 1.35. The molecule has 27 heavy (non-hydrogen) atoms. The highest BCUT2D eigenvalue weighted by Crippen LogP contribution is 2.25. The smallest absolute Gasteiger partial charge is 0.237 e. The average molecular weight is 379 g/mol. The molecule has 4 aromatic rings. The molecule has 1 amide bonds. The Balaban J connectivity index is 1.46. The Morgan fingerprint density at radius 1 is 1.26 bits per heavy atom. The quantitative estimate of drug-likeness (QED) is 0.515. The molecule has 0 aliphatic heterocycles. The topological polar surface area (TPSA) is 85.8 Å². The summed E-state index contributed by atoms with van der Waals surface area (Å²) in [6.07, 6.45) is 4.99. The van der Waals surface area contributed by atoms with Crippen molar-refractivity contribution in [1.29, 1.82) is 0 Å². The van der Waals surface area contributed by atoms with E-state index in [1.165, 1.54) is 11.8 Å². The number of thioether (sulfide) groups is 1. The lowest BCUT2D eigenvalue weighted by molar-refractivity contribution is -0.115. The van der Waals surface area contributed by atoms with Crippen LogP contribution in [0.4, 0.5) is 5.69 Å². The van der Waals surface area contributed by atoms with Crippen LogP contribution in [-0.2, 0) is 11.3 Å². The number of hydrogen-bond donors (Lipinski definition) is 1. The van der Waals surface area contributed by atoms with E-state index >= 15 is 0 Å². The molecule has 3 aromatic heterocycles. The van der Waals surface area contributed by atoms with Crippen molar-refractivity contribution >= 4 is 34.3 Å². The van der Waals surface area contributed by atoms with Crippen LogP contribution in [0.25, 0.3) is 10.9 Å². The highest BCUT2D eigenvalue weighted by Gasteiger charge is 2.19. The van der Waals surface area contributed by atoms with E-state index in [4.69, 9.17) is 4.42 Å². The van der Waals surface area contributed by atoms with Gasteiger partial charge in [-0.05, 0) is 43.3 Å². The van der Waals surface area contributed by atoms with Crippen molar-refractivity contribution in [2.75, 3.05) is 5.32 Å². The molecule has 0 fully saturated rings. The van der Waals surface area contributed by atoms with Gasteiger partial charge in [0.1, 0.15) is 12.1 Å². The standard InChI is InChI=1S/C19H17N5O2S/c1-13(27-19-23-21-12-24(19)11-14-5-4-10-26-14)18(25)22-17-8-2-7-16-15(17)6-3-9-20-16/h2-10,12-13H,11H2,1H3,(H,22,25). The number of carbonyl (C=O) groups excluding carboxylic acids is 1. The van der Waals surface area contributed by atoms with Crippen molar-refractivity contribution < 1.29 is 9.21 Å². The molecule has 0 saturated carbocycles. The van der Waals surface area contributed by atoms with Gasteiger partial charge in [0.25, 0.3) is 0 Å². The number of carbonyl (C=O) groups is 1. The largest absolute Gasteiger partial charge is 0.467 e. The monoisotopic (exact) mass is 379 g/mol. The van der Waals surface area contributed by atoms with E-state index in [-0.39, 0.29) is 11.2 Å². The van der Waals surface area contributed by atoms with Crippen LogP contribution in [0, 0.1) is 0 Å².